The Morgan fingerprint density at radius 2 is 2.00 bits per heavy atom. The molecule has 0 aromatic heterocycles. The minimum atomic E-state index is -0.0550. The van der Waals surface area contributed by atoms with Crippen molar-refractivity contribution in [2.75, 3.05) is 0 Å². The van der Waals surface area contributed by atoms with Crippen LogP contribution in [0.3, 0.4) is 0 Å². The monoisotopic (exact) mass is 144 g/mol. The van der Waals surface area contributed by atoms with Gasteiger partial charge in [-0.25, -0.2) is 4.39 Å². The average molecular weight is 144 g/mol. The van der Waals surface area contributed by atoms with Crippen LogP contribution < -0.4 is 0 Å². The van der Waals surface area contributed by atoms with Gasteiger partial charge < -0.3 is 0 Å². The number of hydrogen-bond donors (Lipinski definition) is 0. The summed E-state index contributed by atoms with van der Waals surface area (Å²) in [4.78, 5) is 0. The van der Waals surface area contributed by atoms with Gasteiger partial charge in [-0.15, -0.1) is 0 Å². The zero-order valence-electron chi connectivity index (χ0n) is 7.32. The van der Waals surface area contributed by atoms with E-state index in [0.717, 1.165) is 6.42 Å². The Labute approximate surface area is 63.1 Å². The predicted molar refractivity (Wildman–Crippen MR) is 43.5 cm³/mol. The number of allylic oxidation sites excluding steroid dienone is 2. The zero-order chi connectivity index (χ0) is 8.15. The first-order valence-electron chi connectivity index (χ1n) is 3.91. The molecular formula is C9H17F. The standard InChI is InChI=1S/C9H17F/c1-5-9(7(2)3)6-8(4)10/h6-7,9H,5H2,1-4H3/b8-6+. The van der Waals surface area contributed by atoms with Crippen LogP contribution in [0.15, 0.2) is 11.9 Å². The van der Waals surface area contributed by atoms with Gasteiger partial charge in [0.15, 0.2) is 0 Å². The molecule has 0 aromatic rings. The quantitative estimate of drug-likeness (QED) is 0.568. The molecule has 0 aliphatic heterocycles. The predicted octanol–water partition coefficient (Wildman–Crippen LogP) is 3.54. The topological polar surface area (TPSA) is 0 Å². The van der Waals surface area contributed by atoms with Crippen LogP contribution >= 0.6 is 0 Å². The summed E-state index contributed by atoms with van der Waals surface area (Å²) < 4.78 is 12.4. The number of rotatable bonds is 3. The van der Waals surface area contributed by atoms with Crippen LogP contribution in [0.25, 0.3) is 0 Å². The molecule has 0 spiro atoms. The first-order chi connectivity index (χ1) is 4.57. The van der Waals surface area contributed by atoms with Crippen molar-refractivity contribution in [1.82, 2.24) is 0 Å². The molecule has 0 nitrogen and oxygen atoms in total. The van der Waals surface area contributed by atoms with Crippen molar-refractivity contribution in [3.63, 3.8) is 0 Å². The van der Waals surface area contributed by atoms with Crippen molar-refractivity contribution in [3.8, 4) is 0 Å². The molecule has 0 rings (SSSR count). The lowest BCUT2D eigenvalue weighted by atomic mass is 9.93. The van der Waals surface area contributed by atoms with Crippen molar-refractivity contribution in [2.45, 2.75) is 34.1 Å². The molecule has 0 aromatic carbocycles. The zero-order valence-corrected chi connectivity index (χ0v) is 7.32. The number of hydrogen-bond acceptors (Lipinski definition) is 0. The minimum absolute atomic E-state index is 0.0550. The molecule has 0 N–H and O–H groups in total. The summed E-state index contributed by atoms with van der Waals surface area (Å²) in [6.07, 6.45) is 2.74. The maximum Gasteiger partial charge on any atom is 0.0931 e. The summed E-state index contributed by atoms with van der Waals surface area (Å²) in [6.45, 7) is 7.83. The lowest BCUT2D eigenvalue weighted by molar-refractivity contribution is 0.441. The van der Waals surface area contributed by atoms with Gasteiger partial charge >= 0.3 is 0 Å². The third-order valence-electron chi connectivity index (χ3n) is 1.77. The first kappa shape index (κ1) is 9.67. The molecule has 0 bridgehead atoms. The van der Waals surface area contributed by atoms with E-state index >= 15 is 0 Å². The Kier molecular flexibility index (Phi) is 4.33. The SMILES string of the molecule is CCC(/C=C(\C)F)C(C)C. The Morgan fingerprint density at radius 1 is 1.50 bits per heavy atom. The Hall–Kier alpha value is -0.330. The lowest BCUT2D eigenvalue weighted by Gasteiger charge is -2.13. The van der Waals surface area contributed by atoms with E-state index < -0.39 is 0 Å². The molecule has 0 saturated carbocycles. The van der Waals surface area contributed by atoms with E-state index in [1.54, 1.807) is 6.08 Å². The van der Waals surface area contributed by atoms with Crippen LogP contribution in [-0.4, -0.2) is 0 Å². The Morgan fingerprint density at radius 3 is 2.10 bits per heavy atom. The summed E-state index contributed by atoms with van der Waals surface area (Å²) >= 11 is 0. The molecule has 0 radical (unpaired) electrons. The van der Waals surface area contributed by atoms with Crippen LogP contribution in [0.1, 0.15) is 34.1 Å². The van der Waals surface area contributed by atoms with Gasteiger partial charge in [-0.05, 0) is 31.3 Å². The van der Waals surface area contributed by atoms with E-state index in [9.17, 15) is 4.39 Å². The van der Waals surface area contributed by atoms with Crippen molar-refractivity contribution in [3.05, 3.63) is 11.9 Å². The second-order valence-corrected chi connectivity index (χ2v) is 3.07. The van der Waals surface area contributed by atoms with Crippen LogP contribution in [0.2, 0.25) is 0 Å². The average Bonchev–Trinajstić information content (AvgIpc) is 1.81. The molecule has 0 aliphatic rings. The molecule has 1 heteroatoms. The molecule has 0 amide bonds. The van der Waals surface area contributed by atoms with Gasteiger partial charge in [-0.1, -0.05) is 20.8 Å². The maximum atomic E-state index is 12.4. The van der Waals surface area contributed by atoms with E-state index in [2.05, 4.69) is 20.8 Å². The fraction of sp³-hybridized carbons (Fsp3) is 0.778. The summed E-state index contributed by atoms with van der Waals surface area (Å²) in [5.74, 6) is 0.904. The molecule has 60 valence electrons. The van der Waals surface area contributed by atoms with Crippen molar-refractivity contribution >= 4 is 0 Å². The van der Waals surface area contributed by atoms with E-state index in [0.29, 0.717) is 11.8 Å². The highest BCUT2D eigenvalue weighted by atomic mass is 19.1. The highest BCUT2D eigenvalue weighted by Gasteiger charge is 2.07. The van der Waals surface area contributed by atoms with Gasteiger partial charge in [-0.2, -0.15) is 0 Å². The van der Waals surface area contributed by atoms with Crippen molar-refractivity contribution < 1.29 is 4.39 Å². The summed E-state index contributed by atoms with van der Waals surface area (Å²) in [5.41, 5.74) is 0. The summed E-state index contributed by atoms with van der Waals surface area (Å²) in [6, 6.07) is 0. The highest BCUT2D eigenvalue weighted by Crippen LogP contribution is 2.18. The molecule has 0 fully saturated rings. The molecule has 0 aliphatic carbocycles. The van der Waals surface area contributed by atoms with E-state index in [4.69, 9.17) is 0 Å². The minimum Gasteiger partial charge on any atom is -0.212 e. The van der Waals surface area contributed by atoms with Crippen molar-refractivity contribution in [1.29, 1.82) is 0 Å². The highest BCUT2D eigenvalue weighted by molar-refractivity contribution is 4.92. The van der Waals surface area contributed by atoms with Gasteiger partial charge in [0.25, 0.3) is 0 Å². The van der Waals surface area contributed by atoms with Crippen LogP contribution in [0.5, 0.6) is 0 Å². The fourth-order valence-electron chi connectivity index (χ4n) is 1.08. The third kappa shape index (κ3) is 3.65. The van der Waals surface area contributed by atoms with E-state index in [1.807, 2.05) is 0 Å². The second kappa shape index (κ2) is 4.48. The van der Waals surface area contributed by atoms with E-state index in [1.165, 1.54) is 6.92 Å². The molecule has 0 saturated heterocycles. The summed E-state index contributed by atoms with van der Waals surface area (Å²) in [5, 5.41) is 0. The van der Waals surface area contributed by atoms with Gasteiger partial charge in [0, 0.05) is 0 Å². The molecule has 10 heavy (non-hydrogen) atoms. The lowest BCUT2D eigenvalue weighted by Crippen LogP contribution is -2.03. The Bertz CT molecular complexity index is 110. The largest absolute Gasteiger partial charge is 0.212 e. The van der Waals surface area contributed by atoms with Gasteiger partial charge in [0.2, 0.25) is 0 Å². The van der Waals surface area contributed by atoms with Gasteiger partial charge in [-0.3, -0.25) is 0 Å². The van der Waals surface area contributed by atoms with Crippen LogP contribution in [0.4, 0.5) is 4.39 Å². The maximum absolute atomic E-state index is 12.4. The molecule has 1 unspecified atom stereocenters. The third-order valence-corrected chi connectivity index (χ3v) is 1.77. The normalized spacial score (nSPS) is 16.0. The fourth-order valence-corrected chi connectivity index (χ4v) is 1.08. The van der Waals surface area contributed by atoms with Crippen LogP contribution in [0, 0.1) is 11.8 Å². The second-order valence-electron chi connectivity index (χ2n) is 3.07. The first-order valence-corrected chi connectivity index (χ1v) is 3.91. The molecule has 1 atom stereocenters. The summed E-state index contributed by atoms with van der Waals surface area (Å²) in [7, 11) is 0. The molecular weight excluding hydrogens is 127 g/mol. The molecule has 0 heterocycles. The van der Waals surface area contributed by atoms with Crippen molar-refractivity contribution in [2.24, 2.45) is 11.8 Å². The van der Waals surface area contributed by atoms with Crippen LogP contribution in [-0.2, 0) is 0 Å². The number of halogens is 1. The van der Waals surface area contributed by atoms with Gasteiger partial charge in [0.1, 0.15) is 0 Å². The van der Waals surface area contributed by atoms with Gasteiger partial charge in [0.05, 0.1) is 5.83 Å². The smallest absolute Gasteiger partial charge is 0.0931 e. The van der Waals surface area contributed by atoms with E-state index in [-0.39, 0.29) is 5.83 Å². The Balaban J connectivity index is 3.96.